The molecule has 4 aromatic rings. The maximum atomic E-state index is 13.4. The van der Waals surface area contributed by atoms with Crippen LogP contribution in [0.1, 0.15) is 21.5 Å². The average Bonchev–Trinajstić information content (AvgIpc) is 3.33. The third-order valence-corrected chi connectivity index (χ3v) is 12.8. The van der Waals surface area contributed by atoms with Gasteiger partial charge in [0.05, 0.1) is 0 Å². The van der Waals surface area contributed by atoms with Crippen molar-refractivity contribution >= 4 is 52.1 Å². The third kappa shape index (κ3) is 4.74. The summed E-state index contributed by atoms with van der Waals surface area (Å²) >= 11 is 0.476. The number of fused-ring (bicyclic) bond motifs is 1. The van der Waals surface area contributed by atoms with Gasteiger partial charge in [-0.3, -0.25) is 0 Å². The molecule has 1 saturated heterocycles. The predicted octanol–water partition coefficient (Wildman–Crippen LogP) is 2.17. The van der Waals surface area contributed by atoms with Gasteiger partial charge in [-0.05, 0) is 0 Å². The number of hydrogen-bond donors (Lipinski definition) is 0. The summed E-state index contributed by atoms with van der Waals surface area (Å²) in [4.78, 5) is 20.2. The van der Waals surface area contributed by atoms with Crippen molar-refractivity contribution in [1.29, 1.82) is 0 Å². The second kappa shape index (κ2) is 10.1. The molecular formula is C25H22N2O3Se2. The van der Waals surface area contributed by atoms with Crippen LogP contribution in [0, 0.1) is 0 Å². The zero-order valence-electron chi connectivity index (χ0n) is 17.4. The molecule has 1 fully saturated rings. The molecule has 162 valence electrons. The van der Waals surface area contributed by atoms with Crippen LogP contribution in [0.2, 0.25) is 0 Å². The number of morpholine rings is 1. The zero-order valence-corrected chi connectivity index (χ0v) is 20.8. The van der Waals surface area contributed by atoms with E-state index in [1.165, 1.54) is 16.4 Å². The Morgan fingerprint density at radius 2 is 1.59 bits per heavy atom. The molecule has 0 N–H and O–H groups in total. The summed E-state index contributed by atoms with van der Waals surface area (Å²) < 4.78 is 13.4. The van der Waals surface area contributed by atoms with Gasteiger partial charge in [-0.1, -0.05) is 0 Å². The van der Waals surface area contributed by atoms with Gasteiger partial charge in [-0.25, -0.2) is 0 Å². The number of para-hydroxylation sites is 1. The van der Waals surface area contributed by atoms with Crippen LogP contribution >= 0.6 is 0 Å². The van der Waals surface area contributed by atoms with Crippen LogP contribution in [-0.2, 0) is 11.3 Å². The van der Waals surface area contributed by atoms with Gasteiger partial charge < -0.3 is 0 Å². The molecular weight excluding hydrogens is 534 g/mol. The summed E-state index contributed by atoms with van der Waals surface area (Å²) in [5, 5.41) is 0. The standard InChI is InChI=1S/C25H22N2O3Se2/c28-25(20-8-5-9-21-24(20)26-17-30-21)19-7-2-4-11-23(19)32-31-22-10-3-1-6-18(22)16-27-12-14-29-15-13-27/h1-11,17H,12-16H2. The molecule has 0 bridgehead atoms. The topological polar surface area (TPSA) is 55.6 Å². The second-order valence-corrected chi connectivity index (χ2v) is 13.7. The Hall–Kier alpha value is -2.24. The number of hydrogen-bond acceptors (Lipinski definition) is 5. The van der Waals surface area contributed by atoms with Crippen molar-refractivity contribution in [1.82, 2.24) is 9.88 Å². The van der Waals surface area contributed by atoms with E-state index in [0.717, 1.165) is 42.9 Å². The number of benzene rings is 3. The number of aromatic nitrogens is 1. The third-order valence-electron chi connectivity index (χ3n) is 5.43. The minimum absolute atomic E-state index is 0.0133. The van der Waals surface area contributed by atoms with Crippen LogP contribution in [-0.4, -0.2) is 68.2 Å². The number of ether oxygens (including phenoxy) is 1. The summed E-state index contributed by atoms with van der Waals surface area (Å²) in [5.41, 5.74) is 4.03. The summed E-state index contributed by atoms with van der Waals surface area (Å²) in [5.74, 6) is 0.0133. The molecule has 5 rings (SSSR count). The number of ketones is 1. The van der Waals surface area contributed by atoms with E-state index in [0.29, 0.717) is 16.7 Å². The zero-order chi connectivity index (χ0) is 21.8. The van der Waals surface area contributed by atoms with Crippen LogP contribution in [0.15, 0.2) is 77.5 Å². The Morgan fingerprint density at radius 3 is 2.47 bits per heavy atom. The summed E-state index contributed by atoms with van der Waals surface area (Å²) in [6.45, 7) is 4.55. The number of rotatable bonds is 7. The number of carbonyl (C=O) groups is 1. The molecule has 32 heavy (non-hydrogen) atoms. The van der Waals surface area contributed by atoms with Gasteiger partial charge >= 0.3 is 199 Å². The molecule has 1 aliphatic rings. The molecule has 0 unspecified atom stereocenters. The van der Waals surface area contributed by atoms with E-state index < -0.39 is 0 Å². The summed E-state index contributed by atoms with van der Waals surface area (Å²) in [6.07, 6.45) is 1.39. The molecule has 0 radical (unpaired) electrons. The molecule has 1 aromatic heterocycles. The van der Waals surface area contributed by atoms with E-state index in [4.69, 9.17) is 9.15 Å². The van der Waals surface area contributed by atoms with Crippen molar-refractivity contribution in [3.8, 4) is 0 Å². The second-order valence-electron chi connectivity index (χ2n) is 7.49. The van der Waals surface area contributed by atoms with Crippen molar-refractivity contribution in [3.05, 3.63) is 89.8 Å². The minimum atomic E-state index is 0.0133. The first-order valence-electron chi connectivity index (χ1n) is 10.5. The normalized spacial score (nSPS) is 14.6. The van der Waals surface area contributed by atoms with Gasteiger partial charge in [0.1, 0.15) is 0 Å². The monoisotopic (exact) mass is 558 g/mol. The fourth-order valence-corrected chi connectivity index (χ4v) is 11.0. The molecule has 5 nitrogen and oxygen atoms in total. The van der Waals surface area contributed by atoms with E-state index >= 15 is 0 Å². The molecule has 2 heterocycles. The van der Waals surface area contributed by atoms with Gasteiger partial charge in [0, 0.05) is 0 Å². The summed E-state index contributed by atoms with van der Waals surface area (Å²) in [6, 6.07) is 22.3. The first kappa shape index (κ1) is 21.6. The molecule has 0 aliphatic carbocycles. The van der Waals surface area contributed by atoms with Crippen molar-refractivity contribution in [3.63, 3.8) is 0 Å². The number of oxazole rings is 1. The Labute approximate surface area is 198 Å². The average molecular weight is 556 g/mol. The molecule has 3 aromatic carbocycles. The molecule has 0 atom stereocenters. The van der Waals surface area contributed by atoms with E-state index in [2.05, 4.69) is 40.2 Å². The fraction of sp³-hybridized carbons (Fsp3) is 0.200. The Balaban J connectivity index is 1.37. The van der Waals surface area contributed by atoms with Crippen LogP contribution in [0.4, 0.5) is 0 Å². The van der Waals surface area contributed by atoms with Gasteiger partial charge in [-0.2, -0.15) is 0 Å². The molecule has 1 aliphatic heterocycles. The van der Waals surface area contributed by atoms with Gasteiger partial charge in [-0.15, -0.1) is 0 Å². The van der Waals surface area contributed by atoms with Crippen LogP contribution in [0.3, 0.4) is 0 Å². The predicted molar refractivity (Wildman–Crippen MR) is 127 cm³/mol. The number of carbonyl (C=O) groups excluding carboxylic acids is 1. The molecule has 0 amide bonds. The first-order valence-corrected chi connectivity index (χ1v) is 16.5. The van der Waals surface area contributed by atoms with E-state index in [1.54, 1.807) is 0 Å². The quantitative estimate of drug-likeness (QED) is 0.258. The maximum absolute atomic E-state index is 13.4. The van der Waals surface area contributed by atoms with Crippen LogP contribution < -0.4 is 8.92 Å². The molecule has 0 spiro atoms. The van der Waals surface area contributed by atoms with Crippen LogP contribution in [0.25, 0.3) is 11.1 Å². The van der Waals surface area contributed by atoms with Gasteiger partial charge in [0.25, 0.3) is 0 Å². The van der Waals surface area contributed by atoms with Gasteiger partial charge in [0.2, 0.25) is 0 Å². The molecule has 0 saturated carbocycles. The van der Waals surface area contributed by atoms with E-state index in [9.17, 15) is 4.79 Å². The number of nitrogens with zero attached hydrogens (tertiary/aromatic N) is 2. The van der Waals surface area contributed by atoms with E-state index in [1.807, 2.05) is 36.4 Å². The van der Waals surface area contributed by atoms with Crippen molar-refractivity contribution in [2.75, 3.05) is 26.3 Å². The Morgan fingerprint density at radius 1 is 0.875 bits per heavy atom. The Kier molecular flexibility index (Phi) is 6.84. The van der Waals surface area contributed by atoms with Crippen molar-refractivity contribution in [2.45, 2.75) is 6.54 Å². The first-order chi connectivity index (χ1) is 15.8. The molecule has 7 heteroatoms. The summed E-state index contributed by atoms with van der Waals surface area (Å²) in [7, 11) is 0. The van der Waals surface area contributed by atoms with Crippen molar-refractivity contribution in [2.24, 2.45) is 0 Å². The Bertz CT molecular complexity index is 1230. The van der Waals surface area contributed by atoms with E-state index in [-0.39, 0.29) is 32.0 Å². The van der Waals surface area contributed by atoms with Gasteiger partial charge in [0.15, 0.2) is 0 Å². The SMILES string of the molecule is O=C(c1ccccc1[Se][Se]c1ccccc1CN1CCOCC1)c1cccc2ocnc12. The van der Waals surface area contributed by atoms with Crippen molar-refractivity contribution < 1.29 is 13.9 Å². The van der Waals surface area contributed by atoms with Crippen LogP contribution in [0.5, 0.6) is 0 Å². The fourth-order valence-electron chi connectivity index (χ4n) is 3.75.